The highest BCUT2D eigenvalue weighted by molar-refractivity contribution is 6.21. The molecular formula is C20H24O4. The van der Waals surface area contributed by atoms with E-state index in [0.29, 0.717) is 25.2 Å². The van der Waals surface area contributed by atoms with E-state index in [9.17, 15) is 14.4 Å². The number of Topliss-reactive ketones (excluding diaryl/α,β-unsaturated/α-hetero) is 2. The number of aryl methyl sites for hydroxylation is 1. The molecule has 2 atom stereocenters. The second-order valence-corrected chi connectivity index (χ2v) is 6.96. The Balaban J connectivity index is 1.56. The Labute approximate surface area is 142 Å². The number of rotatable bonds is 6. The standard InChI is InChI=1S/C20H24O4/c21-16(13-15-9-5-2-6-10-15)18-19(22)17(24-20(18)23)12-11-14-7-3-1-4-8-14/h1,3-4,7-8,15,17-18H,2,5-6,9-13H2. The van der Waals surface area contributed by atoms with E-state index in [1.165, 1.54) is 6.42 Å². The third-order valence-corrected chi connectivity index (χ3v) is 5.17. The normalized spacial score (nSPS) is 24.8. The molecule has 0 amide bonds. The van der Waals surface area contributed by atoms with Crippen LogP contribution in [-0.4, -0.2) is 23.6 Å². The maximum atomic E-state index is 12.5. The van der Waals surface area contributed by atoms with Crippen molar-refractivity contribution in [2.75, 3.05) is 0 Å². The van der Waals surface area contributed by atoms with Crippen molar-refractivity contribution in [1.29, 1.82) is 0 Å². The highest BCUT2D eigenvalue weighted by Gasteiger charge is 2.47. The summed E-state index contributed by atoms with van der Waals surface area (Å²) in [4.78, 5) is 36.9. The number of carbonyl (C=O) groups is 3. The van der Waals surface area contributed by atoms with Gasteiger partial charge in [0.25, 0.3) is 0 Å². The number of ketones is 2. The zero-order valence-corrected chi connectivity index (χ0v) is 13.9. The molecule has 2 unspecified atom stereocenters. The van der Waals surface area contributed by atoms with Crippen molar-refractivity contribution in [3.63, 3.8) is 0 Å². The van der Waals surface area contributed by atoms with Gasteiger partial charge in [-0.05, 0) is 24.3 Å². The van der Waals surface area contributed by atoms with Gasteiger partial charge in [-0.15, -0.1) is 0 Å². The number of hydrogen-bond acceptors (Lipinski definition) is 4. The molecule has 2 aliphatic rings. The first-order valence-electron chi connectivity index (χ1n) is 8.96. The molecule has 0 aromatic heterocycles. The van der Waals surface area contributed by atoms with E-state index in [1.54, 1.807) is 0 Å². The summed E-state index contributed by atoms with van der Waals surface area (Å²) in [6.45, 7) is 0. The minimum atomic E-state index is -1.17. The second-order valence-electron chi connectivity index (χ2n) is 6.96. The van der Waals surface area contributed by atoms with Crippen LogP contribution in [0.2, 0.25) is 0 Å². The predicted octanol–water partition coefficient (Wildman–Crippen LogP) is 3.27. The molecule has 24 heavy (non-hydrogen) atoms. The summed E-state index contributed by atoms with van der Waals surface area (Å²) >= 11 is 0. The summed E-state index contributed by atoms with van der Waals surface area (Å²) in [6.07, 6.45) is 6.24. The van der Waals surface area contributed by atoms with Gasteiger partial charge >= 0.3 is 5.97 Å². The second kappa shape index (κ2) is 7.73. The Kier molecular flexibility index (Phi) is 5.44. The maximum absolute atomic E-state index is 12.5. The first-order chi connectivity index (χ1) is 11.6. The van der Waals surface area contributed by atoms with Crippen LogP contribution < -0.4 is 0 Å². The van der Waals surface area contributed by atoms with Gasteiger partial charge in [-0.1, -0.05) is 62.4 Å². The molecule has 128 valence electrons. The van der Waals surface area contributed by atoms with Gasteiger partial charge in [-0.3, -0.25) is 14.4 Å². The van der Waals surface area contributed by atoms with Gasteiger partial charge in [0.15, 0.2) is 23.6 Å². The number of hydrogen-bond donors (Lipinski definition) is 0. The zero-order valence-electron chi connectivity index (χ0n) is 13.9. The minimum Gasteiger partial charge on any atom is -0.453 e. The van der Waals surface area contributed by atoms with Crippen molar-refractivity contribution in [2.45, 2.75) is 57.5 Å². The molecule has 4 nitrogen and oxygen atoms in total. The fourth-order valence-electron chi connectivity index (χ4n) is 3.80. The van der Waals surface area contributed by atoms with Gasteiger partial charge < -0.3 is 4.74 Å². The highest BCUT2D eigenvalue weighted by Crippen LogP contribution is 2.30. The van der Waals surface area contributed by atoms with Crippen LogP contribution in [0, 0.1) is 11.8 Å². The molecule has 1 aliphatic heterocycles. The number of carbonyl (C=O) groups excluding carboxylic acids is 3. The lowest BCUT2D eigenvalue weighted by molar-refractivity contribution is -0.147. The van der Waals surface area contributed by atoms with Crippen LogP contribution in [0.1, 0.15) is 50.5 Å². The number of ether oxygens (including phenoxy) is 1. The Bertz CT molecular complexity index is 601. The fraction of sp³-hybridized carbons (Fsp3) is 0.550. The lowest BCUT2D eigenvalue weighted by atomic mass is 9.82. The van der Waals surface area contributed by atoms with Crippen LogP contribution in [0.4, 0.5) is 0 Å². The number of esters is 1. The number of cyclic esters (lactones) is 1. The molecule has 0 spiro atoms. The molecule has 0 radical (unpaired) electrons. The van der Waals surface area contributed by atoms with Crippen molar-refractivity contribution >= 4 is 17.5 Å². The lowest BCUT2D eigenvalue weighted by Gasteiger charge is -2.21. The zero-order chi connectivity index (χ0) is 16.9. The summed E-state index contributed by atoms with van der Waals surface area (Å²) in [5.74, 6) is -2.06. The van der Waals surface area contributed by atoms with Crippen molar-refractivity contribution in [3.8, 4) is 0 Å². The van der Waals surface area contributed by atoms with Crippen LogP contribution in [-0.2, 0) is 25.5 Å². The quantitative estimate of drug-likeness (QED) is 0.594. The van der Waals surface area contributed by atoms with Crippen LogP contribution in [0.15, 0.2) is 30.3 Å². The summed E-state index contributed by atoms with van der Waals surface area (Å²) in [7, 11) is 0. The van der Waals surface area contributed by atoms with Crippen LogP contribution >= 0.6 is 0 Å². The Morgan fingerprint density at radius 1 is 1.04 bits per heavy atom. The third kappa shape index (κ3) is 3.92. The summed E-state index contributed by atoms with van der Waals surface area (Å²) in [5.41, 5.74) is 1.10. The van der Waals surface area contributed by atoms with Crippen molar-refractivity contribution in [2.24, 2.45) is 11.8 Å². The molecule has 0 bridgehead atoms. The molecule has 3 rings (SSSR count). The van der Waals surface area contributed by atoms with Crippen LogP contribution in [0.3, 0.4) is 0 Å². The first kappa shape index (κ1) is 16.9. The summed E-state index contributed by atoms with van der Waals surface area (Å²) < 4.78 is 5.21. The Morgan fingerprint density at radius 3 is 2.46 bits per heavy atom. The molecule has 1 aromatic carbocycles. The van der Waals surface area contributed by atoms with Crippen molar-refractivity contribution in [1.82, 2.24) is 0 Å². The van der Waals surface area contributed by atoms with Gasteiger partial charge in [-0.25, -0.2) is 0 Å². The van der Waals surface area contributed by atoms with Gasteiger partial charge in [0, 0.05) is 6.42 Å². The number of benzene rings is 1. The molecule has 2 fully saturated rings. The first-order valence-corrected chi connectivity index (χ1v) is 8.96. The molecule has 1 heterocycles. The van der Waals surface area contributed by atoms with E-state index in [2.05, 4.69) is 0 Å². The summed E-state index contributed by atoms with van der Waals surface area (Å²) in [6, 6.07) is 9.77. The molecule has 1 aliphatic carbocycles. The molecular weight excluding hydrogens is 304 g/mol. The van der Waals surface area contributed by atoms with Crippen molar-refractivity contribution < 1.29 is 19.1 Å². The monoisotopic (exact) mass is 328 g/mol. The molecule has 1 aromatic rings. The van der Waals surface area contributed by atoms with E-state index in [-0.39, 0.29) is 11.6 Å². The Morgan fingerprint density at radius 2 is 1.75 bits per heavy atom. The molecule has 1 saturated heterocycles. The molecule has 1 saturated carbocycles. The highest BCUT2D eigenvalue weighted by atomic mass is 16.6. The van der Waals surface area contributed by atoms with E-state index in [0.717, 1.165) is 31.2 Å². The predicted molar refractivity (Wildman–Crippen MR) is 89.3 cm³/mol. The SMILES string of the molecule is O=C(CC1CCCCC1)C1C(=O)OC(CCc2ccccc2)C1=O. The van der Waals surface area contributed by atoms with E-state index < -0.39 is 18.0 Å². The van der Waals surface area contributed by atoms with E-state index in [4.69, 9.17) is 4.74 Å². The summed E-state index contributed by atoms with van der Waals surface area (Å²) in [5, 5.41) is 0. The van der Waals surface area contributed by atoms with Crippen LogP contribution in [0.25, 0.3) is 0 Å². The van der Waals surface area contributed by atoms with Crippen LogP contribution in [0.5, 0.6) is 0 Å². The average Bonchev–Trinajstić information content (AvgIpc) is 2.88. The fourth-order valence-corrected chi connectivity index (χ4v) is 3.80. The molecule has 0 N–H and O–H groups in total. The lowest BCUT2D eigenvalue weighted by Crippen LogP contribution is -2.30. The van der Waals surface area contributed by atoms with E-state index >= 15 is 0 Å². The van der Waals surface area contributed by atoms with Crippen molar-refractivity contribution in [3.05, 3.63) is 35.9 Å². The largest absolute Gasteiger partial charge is 0.453 e. The third-order valence-electron chi connectivity index (χ3n) is 5.17. The van der Waals surface area contributed by atoms with Gasteiger partial charge in [0.05, 0.1) is 0 Å². The smallest absolute Gasteiger partial charge is 0.325 e. The topological polar surface area (TPSA) is 60.4 Å². The Hall–Kier alpha value is -1.97. The minimum absolute atomic E-state index is 0.237. The molecule has 4 heteroatoms. The van der Waals surface area contributed by atoms with Gasteiger partial charge in [-0.2, -0.15) is 0 Å². The maximum Gasteiger partial charge on any atom is 0.325 e. The van der Waals surface area contributed by atoms with E-state index in [1.807, 2.05) is 30.3 Å². The average molecular weight is 328 g/mol. The van der Waals surface area contributed by atoms with Gasteiger partial charge in [0.2, 0.25) is 0 Å². The van der Waals surface area contributed by atoms with Gasteiger partial charge in [0.1, 0.15) is 0 Å².